The monoisotopic (exact) mass is 247 g/mol. The van der Waals surface area contributed by atoms with Gasteiger partial charge in [0.15, 0.2) is 0 Å². The average molecular weight is 248 g/mol. The smallest absolute Gasteiger partial charge is 0.150 e. The van der Waals surface area contributed by atoms with Crippen LogP contribution in [0.2, 0.25) is 5.02 Å². The first-order valence-electron chi connectivity index (χ1n) is 5.00. The van der Waals surface area contributed by atoms with Crippen molar-refractivity contribution >= 4 is 17.9 Å². The molecule has 0 amide bonds. The zero-order valence-corrected chi connectivity index (χ0v) is 9.94. The Bertz CT molecular complexity index is 555. The molecule has 2 rings (SSSR count). The highest BCUT2D eigenvalue weighted by molar-refractivity contribution is 6.33. The van der Waals surface area contributed by atoms with Crippen LogP contribution in [0.1, 0.15) is 10.4 Å². The second-order valence-corrected chi connectivity index (χ2v) is 3.82. The largest absolute Gasteiger partial charge is 0.494 e. The van der Waals surface area contributed by atoms with Gasteiger partial charge in [-0.1, -0.05) is 23.7 Å². The summed E-state index contributed by atoms with van der Waals surface area (Å²) in [6, 6.07) is 8.67. The molecule has 0 aliphatic carbocycles. The minimum Gasteiger partial charge on any atom is -0.494 e. The molecule has 0 saturated carbocycles. The number of nitrogens with zero attached hydrogens (tertiary/aromatic N) is 1. The van der Waals surface area contributed by atoms with Crippen LogP contribution in [0.5, 0.6) is 5.75 Å². The first-order chi connectivity index (χ1) is 8.26. The molecule has 4 heteroatoms. The Kier molecular flexibility index (Phi) is 3.40. The molecule has 0 fully saturated rings. The quantitative estimate of drug-likeness (QED) is 0.782. The van der Waals surface area contributed by atoms with E-state index in [1.807, 2.05) is 6.07 Å². The molecule has 0 aliphatic rings. The summed E-state index contributed by atoms with van der Waals surface area (Å²) in [5, 5.41) is 0.478. The van der Waals surface area contributed by atoms with Crippen LogP contribution < -0.4 is 4.74 Å². The van der Waals surface area contributed by atoms with Crippen LogP contribution in [0.3, 0.4) is 0 Å². The van der Waals surface area contributed by atoms with Gasteiger partial charge in [0.1, 0.15) is 17.7 Å². The number of halogens is 1. The number of hydrogen-bond acceptors (Lipinski definition) is 3. The van der Waals surface area contributed by atoms with Crippen LogP contribution in [0.25, 0.3) is 11.3 Å². The van der Waals surface area contributed by atoms with Crippen molar-refractivity contribution in [2.75, 3.05) is 7.11 Å². The van der Waals surface area contributed by atoms with Gasteiger partial charge < -0.3 is 4.74 Å². The standard InChI is InChI=1S/C13H10ClNO2/c1-17-12-3-2-6-15-13(12)10-5-4-9(8-16)7-11(10)14/h2-8H,1H3. The summed E-state index contributed by atoms with van der Waals surface area (Å²) in [6.07, 6.45) is 2.42. The second-order valence-electron chi connectivity index (χ2n) is 3.41. The van der Waals surface area contributed by atoms with Crippen molar-refractivity contribution in [1.82, 2.24) is 4.98 Å². The van der Waals surface area contributed by atoms with Gasteiger partial charge in [0.25, 0.3) is 0 Å². The number of carbonyl (C=O) groups is 1. The lowest BCUT2D eigenvalue weighted by Crippen LogP contribution is -1.92. The zero-order chi connectivity index (χ0) is 12.3. The summed E-state index contributed by atoms with van der Waals surface area (Å²) in [7, 11) is 1.58. The minimum atomic E-state index is 0.478. The highest BCUT2D eigenvalue weighted by Crippen LogP contribution is 2.32. The minimum absolute atomic E-state index is 0.478. The average Bonchev–Trinajstić information content (AvgIpc) is 2.38. The number of aldehydes is 1. The third-order valence-electron chi connectivity index (χ3n) is 2.37. The maximum atomic E-state index is 10.6. The molecule has 0 unspecified atom stereocenters. The molecule has 2 aromatic rings. The number of carbonyl (C=O) groups excluding carboxylic acids is 1. The Morgan fingerprint density at radius 1 is 1.35 bits per heavy atom. The SMILES string of the molecule is COc1cccnc1-c1ccc(C=O)cc1Cl. The van der Waals surface area contributed by atoms with Crippen LogP contribution in [-0.2, 0) is 0 Å². The van der Waals surface area contributed by atoms with E-state index in [9.17, 15) is 4.79 Å². The third kappa shape index (κ3) is 2.29. The fourth-order valence-electron chi connectivity index (χ4n) is 1.55. The third-order valence-corrected chi connectivity index (χ3v) is 2.69. The van der Waals surface area contributed by atoms with Crippen molar-refractivity contribution in [3.8, 4) is 17.0 Å². The number of ether oxygens (including phenoxy) is 1. The number of aromatic nitrogens is 1. The molecule has 0 spiro atoms. The summed E-state index contributed by atoms with van der Waals surface area (Å²) in [6.45, 7) is 0. The van der Waals surface area contributed by atoms with E-state index in [0.717, 1.165) is 11.8 Å². The summed E-state index contributed by atoms with van der Waals surface area (Å²) in [5.41, 5.74) is 1.95. The molecular weight excluding hydrogens is 238 g/mol. The van der Waals surface area contributed by atoms with Gasteiger partial charge in [-0.25, -0.2) is 0 Å². The van der Waals surface area contributed by atoms with Crippen LogP contribution in [0.4, 0.5) is 0 Å². The Morgan fingerprint density at radius 3 is 2.82 bits per heavy atom. The molecule has 0 atom stereocenters. The highest BCUT2D eigenvalue weighted by Gasteiger charge is 2.10. The summed E-state index contributed by atoms with van der Waals surface area (Å²) in [5.74, 6) is 0.647. The van der Waals surface area contributed by atoms with Gasteiger partial charge in [-0.2, -0.15) is 0 Å². The lowest BCUT2D eigenvalue weighted by atomic mass is 10.1. The summed E-state index contributed by atoms with van der Waals surface area (Å²) in [4.78, 5) is 14.9. The van der Waals surface area contributed by atoms with Crippen molar-refractivity contribution in [2.24, 2.45) is 0 Å². The maximum Gasteiger partial charge on any atom is 0.150 e. The molecule has 86 valence electrons. The summed E-state index contributed by atoms with van der Waals surface area (Å²) >= 11 is 6.12. The van der Waals surface area contributed by atoms with Crippen molar-refractivity contribution in [1.29, 1.82) is 0 Å². The molecule has 3 nitrogen and oxygen atoms in total. The van der Waals surface area contributed by atoms with Gasteiger partial charge >= 0.3 is 0 Å². The van der Waals surface area contributed by atoms with Gasteiger partial charge in [-0.05, 0) is 18.2 Å². The Hall–Kier alpha value is -1.87. The maximum absolute atomic E-state index is 10.6. The predicted molar refractivity (Wildman–Crippen MR) is 66.6 cm³/mol. The Balaban J connectivity index is 2.56. The normalized spacial score (nSPS) is 10.0. The van der Waals surface area contributed by atoms with E-state index < -0.39 is 0 Å². The van der Waals surface area contributed by atoms with E-state index >= 15 is 0 Å². The van der Waals surface area contributed by atoms with Gasteiger partial charge in [0.05, 0.1) is 12.1 Å². The molecule has 1 aromatic carbocycles. The van der Waals surface area contributed by atoms with E-state index in [2.05, 4.69) is 4.98 Å². The van der Waals surface area contributed by atoms with Crippen molar-refractivity contribution in [2.45, 2.75) is 0 Å². The van der Waals surface area contributed by atoms with E-state index in [4.69, 9.17) is 16.3 Å². The Labute approximate surface area is 104 Å². The topological polar surface area (TPSA) is 39.2 Å². The van der Waals surface area contributed by atoms with Gasteiger partial charge in [0, 0.05) is 17.3 Å². The zero-order valence-electron chi connectivity index (χ0n) is 9.18. The van der Waals surface area contributed by atoms with Crippen LogP contribution in [0, 0.1) is 0 Å². The molecule has 0 aliphatic heterocycles. The number of benzene rings is 1. The van der Waals surface area contributed by atoms with E-state index in [1.165, 1.54) is 0 Å². The van der Waals surface area contributed by atoms with Crippen LogP contribution in [-0.4, -0.2) is 18.4 Å². The first-order valence-corrected chi connectivity index (χ1v) is 5.38. The Morgan fingerprint density at radius 2 is 2.18 bits per heavy atom. The molecule has 17 heavy (non-hydrogen) atoms. The van der Waals surface area contributed by atoms with Crippen LogP contribution in [0.15, 0.2) is 36.5 Å². The number of hydrogen-bond donors (Lipinski definition) is 0. The highest BCUT2D eigenvalue weighted by atomic mass is 35.5. The lowest BCUT2D eigenvalue weighted by molar-refractivity contribution is 0.112. The molecular formula is C13H10ClNO2. The summed E-state index contributed by atoms with van der Waals surface area (Å²) < 4.78 is 5.22. The molecule has 0 bridgehead atoms. The van der Waals surface area contributed by atoms with E-state index in [-0.39, 0.29) is 0 Å². The molecule has 0 saturated heterocycles. The van der Waals surface area contributed by atoms with Gasteiger partial charge in [0.2, 0.25) is 0 Å². The van der Waals surface area contributed by atoms with Crippen LogP contribution >= 0.6 is 11.6 Å². The lowest BCUT2D eigenvalue weighted by Gasteiger charge is -2.08. The molecule has 1 aromatic heterocycles. The van der Waals surface area contributed by atoms with Gasteiger partial charge in [-0.15, -0.1) is 0 Å². The molecule has 0 N–H and O–H groups in total. The number of pyridine rings is 1. The molecule has 1 heterocycles. The number of methoxy groups -OCH3 is 1. The first kappa shape index (κ1) is 11.6. The van der Waals surface area contributed by atoms with E-state index in [1.54, 1.807) is 37.6 Å². The second kappa shape index (κ2) is 4.97. The van der Waals surface area contributed by atoms with Crippen molar-refractivity contribution in [3.05, 3.63) is 47.1 Å². The fourth-order valence-corrected chi connectivity index (χ4v) is 1.83. The van der Waals surface area contributed by atoms with Crippen molar-refractivity contribution in [3.63, 3.8) is 0 Å². The van der Waals surface area contributed by atoms with E-state index in [0.29, 0.717) is 22.0 Å². The number of rotatable bonds is 3. The van der Waals surface area contributed by atoms with Gasteiger partial charge in [-0.3, -0.25) is 9.78 Å². The fraction of sp³-hybridized carbons (Fsp3) is 0.0769. The molecule has 0 radical (unpaired) electrons. The van der Waals surface area contributed by atoms with Crippen molar-refractivity contribution < 1.29 is 9.53 Å². The predicted octanol–water partition coefficient (Wildman–Crippen LogP) is 3.22.